The van der Waals surface area contributed by atoms with Crippen LogP contribution in [-0.4, -0.2) is 23.2 Å². The normalized spacial score (nSPS) is 14.6. The Hall–Kier alpha value is -0.870. The van der Waals surface area contributed by atoms with Crippen LogP contribution >= 0.6 is 11.3 Å². The van der Waals surface area contributed by atoms with Gasteiger partial charge in [-0.3, -0.25) is 4.79 Å². The highest BCUT2D eigenvalue weighted by Crippen LogP contribution is 2.15. The lowest BCUT2D eigenvalue weighted by atomic mass is 9.94. The second kappa shape index (κ2) is 5.28. The molecule has 1 atom stereocenters. The molecule has 0 saturated carbocycles. The molecule has 1 heterocycles. The van der Waals surface area contributed by atoms with Crippen LogP contribution in [0.3, 0.4) is 0 Å². The van der Waals surface area contributed by atoms with Crippen molar-refractivity contribution in [1.82, 2.24) is 5.32 Å². The minimum atomic E-state index is -0.312. The summed E-state index contributed by atoms with van der Waals surface area (Å²) in [5.74, 6) is -0.0611. The maximum atomic E-state index is 11.8. The summed E-state index contributed by atoms with van der Waals surface area (Å²) in [6.07, 6.45) is 1.39. The van der Waals surface area contributed by atoms with E-state index in [1.54, 1.807) is 6.07 Å². The summed E-state index contributed by atoms with van der Waals surface area (Å²) >= 11 is 1.50. The molecular weight excluding hydrogens is 210 g/mol. The summed E-state index contributed by atoms with van der Waals surface area (Å²) < 4.78 is 0. The molecule has 84 valence electrons. The molecule has 0 radical (unpaired) electrons. The zero-order valence-electron chi connectivity index (χ0n) is 9.12. The molecule has 0 aliphatic rings. The van der Waals surface area contributed by atoms with Gasteiger partial charge in [-0.2, -0.15) is 11.3 Å². The van der Waals surface area contributed by atoms with Crippen LogP contribution in [-0.2, 0) is 0 Å². The van der Waals surface area contributed by atoms with Gasteiger partial charge in [0.15, 0.2) is 0 Å². The van der Waals surface area contributed by atoms with E-state index in [1.165, 1.54) is 11.3 Å². The average molecular weight is 227 g/mol. The molecule has 0 fully saturated rings. The molecule has 3 nitrogen and oxygen atoms in total. The molecule has 1 amide bonds. The Labute approximate surface area is 94.1 Å². The molecule has 1 aromatic heterocycles. The van der Waals surface area contributed by atoms with Crippen molar-refractivity contribution in [3.8, 4) is 0 Å². The molecule has 1 unspecified atom stereocenters. The number of hydrogen-bond donors (Lipinski definition) is 2. The zero-order valence-corrected chi connectivity index (χ0v) is 9.93. The summed E-state index contributed by atoms with van der Waals surface area (Å²) in [5, 5.41) is 15.6. The maximum absolute atomic E-state index is 11.8. The van der Waals surface area contributed by atoms with Crippen LogP contribution in [0.25, 0.3) is 0 Å². The van der Waals surface area contributed by atoms with Gasteiger partial charge >= 0.3 is 0 Å². The number of carbonyl (C=O) groups is 1. The van der Waals surface area contributed by atoms with Crippen molar-refractivity contribution < 1.29 is 9.90 Å². The number of carbonyl (C=O) groups excluding carboxylic acids is 1. The zero-order chi connectivity index (χ0) is 11.3. The lowest BCUT2D eigenvalue weighted by Crippen LogP contribution is -2.46. The lowest BCUT2D eigenvalue weighted by molar-refractivity contribution is 0.0886. The molecule has 0 saturated heterocycles. The van der Waals surface area contributed by atoms with Gasteiger partial charge in [0.25, 0.3) is 5.91 Å². The number of nitrogens with one attached hydrogen (secondary N) is 1. The lowest BCUT2D eigenvalue weighted by Gasteiger charge is -2.28. The molecule has 0 aromatic carbocycles. The van der Waals surface area contributed by atoms with E-state index in [9.17, 15) is 4.79 Å². The molecule has 0 spiro atoms. The van der Waals surface area contributed by atoms with Crippen LogP contribution < -0.4 is 5.32 Å². The van der Waals surface area contributed by atoms with Crippen LogP contribution in [0, 0.1) is 0 Å². The van der Waals surface area contributed by atoms with Gasteiger partial charge in [0.1, 0.15) is 0 Å². The van der Waals surface area contributed by atoms with Gasteiger partial charge in [-0.05, 0) is 31.2 Å². The topological polar surface area (TPSA) is 49.3 Å². The van der Waals surface area contributed by atoms with Crippen molar-refractivity contribution in [3.63, 3.8) is 0 Å². The third kappa shape index (κ3) is 3.32. The van der Waals surface area contributed by atoms with E-state index in [0.29, 0.717) is 12.0 Å². The Kier molecular flexibility index (Phi) is 4.29. The third-order valence-electron chi connectivity index (χ3n) is 2.64. The van der Waals surface area contributed by atoms with Gasteiger partial charge in [0.05, 0.1) is 5.56 Å². The van der Waals surface area contributed by atoms with Gasteiger partial charge in [0, 0.05) is 17.5 Å². The number of thiophene rings is 1. The first-order valence-corrected chi connectivity index (χ1v) is 6.01. The van der Waals surface area contributed by atoms with E-state index >= 15 is 0 Å². The van der Waals surface area contributed by atoms with Crippen molar-refractivity contribution in [1.29, 1.82) is 0 Å². The highest BCUT2D eigenvalue weighted by atomic mass is 32.1. The standard InChI is InChI=1S/C11H17NO2S/c1-3-11(2,5-6-13)12-10(14)9-4-7-15-8-9/h4,7-8,13H,3,5-6H2,1-2H3,(H,12,14). The molecule has 0 bridgehead atoms. The minimum absolute atomic E-state index is 0.0611. The summed E-state index contributed by atoms with van der Waals surface area (Å²) in [6, 6.07) is 1.80. The monoisotopic (exact) mass is 227 g/mol. The maximum Gasteiger partial charge on any atom is 0.252 e. The summed E-state index contributed by atoms with van der Waals surface area (Å²) in [5.41, 5.74) is 0.380. The first-order chi connectivity index (χ1) is 7.11. The molecule has 1 aromatic rings. The average Bonchev–Trinajstić information content (AvgIpc) is 2.71. The predicted octanol–water partition coefficient (Wildman–Crippen LogP) is 2.03. The molecule has 1 rings (SSSR count). The fraction of sp³-hybridized carbons (Fsp3) is 0.545. The molecule has 2 N–H and O–H groups in total. The Morgan fingerprint density at radius 1 is 1.67 bits per heavy atom. The smallest absolute Gasteiger partial charge is 0.252 e. The Balaban J connectivity index is 2.63. The molecule has 0 aliphatic carbocycles. The van der Waals surface area contributed by atoms with E-state index in [-0.39, 0.29) is 18.1 Å². The largest absolute Gasteiger partial charge is 0.396 e. The molecular formula is C11H17NO2S. The fourth-order valence-electron chi connectivity index (χ4n) is 1.31. The van der Waals surface area contributed by atoms with Crippen LogP contribution in [0.2, 0.25) is 0 Å². The van der Waals surface area contributed by atoms with Gasteiger partial charge in [0.2, 0.25) is 0 Å². The van der Waals surface area contributed by atoms with Gasteiger partial charge in [-0.1, -0.05) is 6.92 Å². The molecule has 4 heteroatoms. The number of aliphatic hydroxyl groups is 1. The van der Waals surface area contributed by atoms with Crippen molar-refractivity contribution >= 4 is 17.2 Å². The van der Waals surface area contributed by atoms with Crippen molar-refractivity contribution in [2.24, 2.45) is 0 Å². The first kappa shape index (κ1) is 12.2. The van der Waals surface area contributed by atoms with Crippen LogP contribution in [0.4, 0.5) is 0 Å². The van der Waals surface area contributed by atoms with Crippen LogP contribution in [0.5, 0.6) is 0 Å². The molecule has 0 aliphatic heterocycles. The highest BCUT2D eigenvalue weighted by Gasteiger charge is 2.24. The minimum Gasteiger partial charge on any atom is -0.396 e. The number of rotatable bonds is 5. The van der Waals surface area contributed by atoms with Gasteiger partial charge < -0.3 is 10.4 Å². The second-order valence-electron chi connectivity index (χ2n) is 3.85. The van der Waals surface area contributed by atoms with Crippen molar-refractivity contribution in [3.05, 3.63) is 22.4 Å². The number of hydrogen-bond acceptors (Lipinski definition) is 3. The van der Waals surface area contributed by atoms with Crippen molar-refractivity contribution in [2.45, 2.75) is 32.2 Å². The van der Waals surface area contributed by atoms with Gasteiger partial charge in [-0.15, -0.1) is 0 Å². The quantitative estimate of drug-likeness (QED) is 0.808. The second-order valence-corrected chi connectivity index (χ2v) is 4.63. The molecule has 15 heavy (non-hydrogen) atoms. The first-order valence-electron chi connectivity index (χ1n) is 5.07. The Morgan fingerprint density at radius 3 is 2.87 bits per heavy atom. The number of aliphatic hydroxyl groups excluding tert-OH is 1. The Bertz CT molecular complexity index is 310. The highest BCUT2D eigenvalue weighted by molar-refractivity contribution is 7.08. The SMILES string of the molecule is CCC(C)(CCO)NC(=O)c1ccsc1. The predicted molar refractivity (Wildman–Crippen MR) is 62.2 cm³/mol. The van der Waals surface area contributed by atoms with E-state index in [0.717, 1.165) is 6.42 Å². The van der Waals surface area contributed by atoms with E-state index in [2.05, 4.69) is 5.32 Å². The summed E-state index contributed by atoms with van der Waals surface area (Å²) in [7, 11) is 0. The Morgan fingerprint density at radius 2 is 2.40 bits per heavy atom. The third-order valence-corrected chi connectivity index (χ3v) is 3.33. The summed E-state index contributed by atoms with van der Waals surface area (Å²) in [6.45, 7) is 4.05. The summed E-state index contributed by atoms with van der Waals surface area (Å²) in [4.78, 5) is 11.8. The fourth-order valence-corrected chi connectivity index (χ4v) is 1.95. The van der Waals surface area contributed by atoms with E-state index in [1.807, 2.05) is 24.6 Å². The van der Waals surface area contributed by atoms with E-state index < -0.39 is 0 Å². The van der Waals surface area contributed by atoms with E-state index in [4.69, 9.17) is 5.11 Å². The van der Waals surface area contributed by atoms with Crippen molar-refractivity contribution in [2.75, 3.05) is 6.61 Å². The van der Waals surface area contributed by atoms with Crippen LogP contribution in [0.15, 0.2) is 16.8 Å². The van der Waals surface area contributed by atoms with Crippen LogP contribution in [0.1, 0.15) is 37.0 Å². The van der Waals surface area contributed by atoms with Gasteiger partial charge in [-0.25, -0.2) is 0 Å². The number of amides is 1.